The fourth-order valence-corrected chi connectivity index (χ4v) is 2.56. The topological polar surface area (TPSA) is 84.3 Å². The van der Waals surface area contributed by atoms with Gasteiger partial charge in [0.25, 0.3) is 0 Å². The van der Waals surface area contributed by atoms with Gasteiger partial charge < -0.3 is 15.2 Å². The molecule has 2 aromatic rings. The van der Waals surface area contributed by atoms with Crippen LogP contribution >= 0.6 is 0 Å². The third-order valence-electron chi connectivity index (χ3n) is 3.75. The third-order valence-corrected chi connectivity index (χ3v) is 3.75. The number of hydrogen-bond donors (Lipinski definition) is 2. The lowest BCUT2D eigenvalue weighted by molar-refractivity contribution is 0.00970. The van der Waals surface area contributed by atoms with E-state index in [4.69, 9.17) is 9.84 Å². The van der Waals surface area contributed by atoms with Crippen LogP contribution in [0.5, 0.6) is 0 Å². The summed E-state index contributed by atoms with van der Waals surface area (Å²) in [5, 5.41) is 12.0. The van der Waals surface area contributed by atoms with Gasteiger partial charge in [-0.25, -0.2) is 19.2 Å². The van der Waals surface area contributed by atoms with E-state index in [2.05, 4.69) is 15.3 Å². The largest absolute Gasteiger partial charge is 0.476 e. The van der Waals surface area contributed by atoms with E-state index in [-0.39, 0.29) is 23.7 Å². The number of halogens is 1. The van der Waals surface area contributed by atoms with Crippen LogP contribution in [-0.2, 0) is 4.74 Å². The van der Waals surface area contributed by atoms with Crippen molar-refractivity contribution >= 4 is 11.8 Å². The number of rotatable bonds is 4. The second kappa shape index (κ2) is 6.70. The molecule has 1 aliphatic heterocycles. The molecule has 2 atom stereocenters. The summed E-state index contributed by atoms with van der Waals surface area (Å²) in [4.78, 5) is 18.7. The van der Waals surface area contributed by atoms with Gasteiger partial charge in [0.1, 0.15) is 11.6 Å². The first-order chi connectivity index (χ1) is 11.1. The minimum absolute atomic E-state index is 0.0910. The number of benzene rings is 1. The van der Waals surface area contributed by atoms with E-state index in [0.717, 1.165) is 12.0 Å². The third kappa shape index (κ3) is 3.81. The predicted octanol–water partition coefficient (Wildman–Crippen LogP) is 2.65. The van der Waals surface area contributed by atoms with Crippen LogP contribution in [0.1, 0.15) is 35.0 Å². The zero-order chi connectivity index (χ0) is 16.2. The average Bonchev–Trinajstić information content (AvgIpc) is 2.56. The van der Waals surface area contributed by atoms with Gasteiger partial charge >= 0.3 is 5.97 Å². The van der Waals surface area contributed by atoms with E-state index in [1.165, 1.54) is 24.5 Å². The summed E-state index contributed by atoms with van der Waals surface area (Å²) >= 11 is 0. The van der Waals surface area contributed by atoms with Crippen molar-refractivity contribution in [3.63, 3.8) is 0 Å². The number of carbonyl (C=O) groups is 1. The smallest absolute Gasteiger partial charge is 0.356 e. The number of carboxylic acid groups (broad SMARTS) is 1. The van der Waals surface area contributed by atoms with Gasteiger partial charge in [-0.3, -0.25) is 0 Å². The Morgan fingerprint density at radius 3 is 2.70 bits per heavy atom. The van der Waals surface area contributed by atoms with Gasteiger partial charge in [-0.15, -0.1) is 0 Å². The van der Waals surface area contributed by atoms with Crippen molar-refractivity contribution in [2.45, 2.75) is 25.0 Å². The van der Waals surface area contributed by atoms with Crippen molar-refractivity contribution < 1.29 is 19.0 Å². The second-order valence-electron chi connectivity index (χ2n) is 5.37. The Bertz CT molecular complexity index is 676. The van der Waals surface area contributed by atoms with Crippen molar-refractivity contribution in [1.82, 2.24) is 9.97 Å². The molecule has 2 heterocycles. The lowest BCUT2D eigenvalue weighted by Gasteiger charge is -2.30. The van der Waals surface area contributed by atoms with Crippen molar-refractivity contribution in [3.8, 4) is 0 Å². The maximum atomic E-state index is 13.0. The van der Waals surface area contributed by atoms with Crippen LogP contribution in [0.3, 0.4) is 0 Å². The highest BCUT2D eigenvalue weighted by Crippen LogP contribution is 2.29. The van der Waals surface area contributed by atoms with Gasteiger partial charge in [-0.05, 0) is 30.5 Å². The Kier molecular flexibility index (Phi) is 4.47. The van der Waals surface area contributed by atoms with E-state index >= 15 is 0 Å². The molecule has 23 heavy (non-hydrogen) atoms. The molecule has 3 rings (SSSR count). The molecule has 7 heteroatoms. The van der Waals surface area contributed by atoms with Crippen molar-refractivity contribution in [2.75, 3.05) is 11.9 Å². The summed E-state index contributed by atoms with van der Waals surface area (Å²) < 4.78 is 18.7. The number of nitrogens with one attached hydrogen (secondary N) is 1. The minimum Gasteiger partial charge on any atom is -0.476 e. The molecule has 0 aliphatic carbocycles. The number of ether oxygens (including phenoxy) is 1. The molecule has 1 aromatic carbocycles. The van der Waals surface area contributed by atoms with E-state index in [9.17, 15) is 9.18 Å². The standard InChI is InChI=1S/C16H16FN3O3/c17-11-3-1-10(2-4-11)14-7-12(5-6-23-14)20-15-9-18-13(8-19-15)16(21)22/h1-4,8-9,12,14H,5-7H2,(H,19,20)(H,21,22). The SMILES string of the molecule is O=C(O)c1cnc(NC2CCOC(c3ccc(F)cc3)C2)cn1. The molecule has 1 aliphatic rings. The monoisotopic (exact) mass is 317 g/mol. The number of aromatic nitrogens is 2. The normalized spacial score (nSPS) is 20.9. The molecule has 0 saturated carbocycles. The van der Waals surface area contributed by atoms with Gasteiger partial charge in [0.2, 0.25) is 0 Å². The molecule has 0 spiro atoms. The Balaban J connectivity index is 1.64. The lowest BCUT2D eigenvalue weighted by Crippen LogP contribution is -2.30. The van der Waals surface area contributed by atoms with E-state index in [1.807, 2.05) is 0 Å². The van der Waals surface area contributed by atoms with Crippen LogP contribution in [0.25, 0.3) is 0 Å². The summed E-state index contributed by atoms with van der Waals surface area (Å²) in [5.41, 5.74) is 0.844. The average molecular weight is 317 g/mol. The molecule has 0 radical (unpaired) electrons. The highest BCUT2D eigenvalue weighted by atomic mass is 19.1. The first kappa shape index (κ1) is 15.4. The molecular formula is C16H16FN3O3. The van der Waals surface area contributed by atoms with Crippen molar-refractivity contribution in [3.05, 3.63) is 53.7 Å². The highest BCUT2D eigenvalue weighted by molar-refractivity contribution is 5.84. The van der Waals surface area contributed by atoms with Gasteiger partial charge in [0.15, 0.2) is 5.69 Å². The molecule has 2 unspecified atom stereocenters. The molecule has 1 aromatic heterocycles. The summed E-state index contributed by atoms with van der Waals surface area (Å²) in [6, 6.07) is 6.43. The molecule has 0 amide bonds. The second-order valence-corrected chi connectivity index (χ2v) is 5.37. The van der Waals surface area contributed by atoms with Crippen LogP contribution in [0.15, 0.2) is 36.7 Å². The Morgan fingerprint density at radius 1 is 1.26 bits per heavy atom. The van der Waals surface area contributed by atoms with E-state index in [1.54, 1.807) is 12.1 Å². The predicted molar refractivity (Wildman–Crippen MR) is 80.7 cm³/mol. The van der Waals surface area contributed by atoms with Crippen LogP contribution in [0.2, 0.25) is 0 Å². The number of nitrogens with zero attached hydrogens (tertiary/aromatic N) is 2. The van der Waals surface area contributed by atoms with Gasteiger partial charge in [0.05, 0.1) is 18.5 Å². The highest BCUT2D eigenvalue weighted by Gasteiger charge is 2.24. The fourth-order valence-electron chi connectivity index (χ4n) is 2.56. The summed E-state index contributed by atoms with van der Waals surface area (Å²) in [6.45, 7) is 0.584. The minimum atomic E-state index is -1.11. The summed E-state index contributed by atoms with van der Waals surface area (Å²) in [5.74, 6) is -0.848. The van der Waals surface area contributed by atoms with Crippen LogP contribution < -0.4 is 5.32 Å². The van der Waals surface area contributed by atoms with Gasteiger partial charge in [-0.1, -0.05) is 12.1 Å². The molecule has 6 nitrogen and oxygen atoms in total. The Morgan fingerprint density at radius 2 is 2.04 bits per heavy atom. The Hall–Kier alpha value is -2.54. The molecule has 120 valence electrons. The summed E-state index contributed by atoms with van der Waals surface area (Å²) in [7, 11) is 0. The number of aromatic carboxylic acids is 1. The van der Waals surface area contributed by atoms with Gasteiger partial charge in [-0.2, -0.15) is 0 Å². The molecule has 2 N–H and O–H groups in total. The lowest BCUT2D eigenvalue weighted by atomic mass is 9.97. The number of anilines is 1. The van der Waals surface area contributed by atoms with Crippen molar-refractivity contribution in [2.24, 2.45) is 0 Å². The van der Waals surface area contributed by atoms with Gasteiger partial charge in [0, 0.05) is 12.6 Å². The van der Waals surface area contributed by atoms with E-state index in [0.29, 0.717) is 18.8 Å². The number of carboxylic acids is 1. The summed E-state index contributed by atoms with van der Waals surface area (Å²) in [6.07, 6.45) is 4.05. The number of hydrogen-bond acceptors (Lipinski definition) is 5. The maximum absolute atomic E-state index is 13.0. The first-order valence-corrected chi connectivity index (χ1v) is 7.31. The molecule has 0 bridgehead atoms. The van der Waals surface area contributed by atoms with E-state index < -0.39 is 5.97 Å². The molecule has 1 saturated heterocycles. The zero-order valence-corrected chi connectivity index (χ0v) is 12.3. The maximum Gasteiger partial charge on any atom is 0.356 e. The van der Waals surface area contributed by atoms with Crippen LogP contribution in [-0.4, -0.2) is 33.7 Å². The first-order valence-electron chi connectivity index (χ1n) is 7.31. The van der Waals surface area contributed by atoms with Crippen molar-refractivity contribution in [1.29, 1.82) is 0 Å². The Labute approximate surface area is 132 Å². The fraction of sp³-hybridized carbons (Fsp3) is 0.312. The van der Waals surface area contributed by atoms with Crippen LogP contribution in [0.4, 0.5) is 10.2 Å². The molecular weight excluding hydrogens is 301 g/mol. The quantitative estimate of drug-likeness (QED) is 0.902. The van der Waals surface area contributed by atoms with Crippen LogP contribution in [0, 0.1) is 5.82 Å². The zero-order valence-electron chi connectivity index (χ0n) is 12.3. The molecule has 1 fully saturated rings.